The topological polar surface area (TPSA) is 97.1 Å². The second-order valence-corrected chi connectivity index (χ2v) is 7.21. The van der Waals surface area contributed by atoms with Crippen LogP contribution in [-0.2, 0) is 4.79 Å². The highest BCUT2D eigenvalue weighted by molar-refractivity contribution is 7.98. The molecule has 1 aromatic carbocycles. The molecule has 24 heavy (non-hydrogen) atoms. The third-order valence-electron chi connectivity index (χ3n) is 3.31. The van der Waals surface area contributed by atoms with Gasteiger partial charge in [0, 0.05) is 16.6 Å². The lowest BCUT2D eigenvalue weighted by Gasteiger charge is -2.17. The second-order valence-electron chi connectivity index (χ2n) is 5.16. The molecule has 0 aliphatic rings. The van der Waals surface area contributed by atoms with Crippen LogP contribution in [0.4, 0.5) is 10.5 Å². The fourth-order valence-corrected chi connectivity index (χ4v) is 3.22. The first kappa shape index (κ1) is 18.3. The van der Waals surface area contributed by atoms with Gasteiger partial charge in [-0.1, -0.05) is 12.1 Å². The monoisotopic (exact) mass is 364 g/mol. The van der Waals surface area contributed by atoms with Crippen LogP contribution in [0.5, 0.6) is 0 Å². The summed E-state index contributed by atoms with van der Waals surface area (Å²) in [4.78, 5) is 27.8. The zero-order valence-corrected chi connectivity index (χ0v) is 15.2. The summed E-state index contributed by atoms with van der Waals surface area (Å²) >= 11 is 3.20. The van der Waals surface area contributed by atoms with Crippen molar-refractivity contribution in [2.45, 2.75) is 19.4 Å². The number of aryl methyl sites for hydroxylation is 1. The van der Waals surface area contributed by atoms with Gasteiger partial charge in [-0.2, -0.15) is 11.8 Å². The van der Waals surface area contributed by atoms with E-state index in [4.69, 9.17) is 5.73 Å². The van der Waals surface area contributed by atoms with Crippen molar-refractivity contribution in [3.8, 4) is 11.3 Å². The van der Waals surface area contributed by atoms with E-state index in [0.717, 1.165) is 22.0 Å². The van der Waals surface area contributed by atoms with Crippen LogP contribution < -0.4 is 16.4 Å². The van der Waals surface area contributed by atoms with Crippen LogP contribution in [0, 0.1) is 6.92 Å². The van der Waals surface area contributed by atoms with Crippen molar-refractivity contribution in [1.82, 2.24) is 10.3 Å². The highest BCUT2D eigenvalue weighted by Crippen LogP contribution is 2.23. The lowest BCUT2D eigenvalue weighted by molar-refractivity contribution is -0.117. The van der Waals surface area contributed by atoms with Gasteiger partial charge in [0.2, 0.25) is 5.91 Å². The van der Waals surface area contributed by atoms with Gasteiger partial charge in [-0.25, -0.2) is 9.78 Å². The summed E-state index contributed by atoms with van der Waals surface area (Å²) < 4.78 is 0. The van der Waals surface area contributed by atoms with Gasteiger partial charge in [-0.15, -0.1) is 11.3 Å². The maximum absolute atomic E-state index is 12.3. The Morgan fingerprint density at radius 3 is 2.58 bits per heavy atom. The number of benzene rings is 1. The van der Waals surface area contributed by atoms with Crippen molar-refractivity contribution in [3.05, 3.63) is 34.7 Å². The molecule has 4 N–H and O–H groups in total. The molecule has 0 spiro atoms. The van der Waals surface area contributed by atoms with Crippen LogP contribution in [0.3, 0.4) is 0 Å². The Bertz CT molecular complexity index is 700. The van der Waals surface area contributed by atoms with Crippen LogP contribution in [0.1, 0.15) is 11.4 Å². The molecule has 1 unspecified atom stereocenters. The van der Waals surface area contributed by atoms with E-state index < -0.39 is 12.1 Å². The molecule has 0 fully saturated rings. The van der Waals surface area contributed by atoms with E-state index in [1.807, 2.05) is 42.8 Å². The Morgan fingerprint density at radius 1 is 1.33 bits per heavy atom. The van der Waals surface area contributed by atoms with E-state index in [2.05, 4.69) is 15.6 Å². The van der Waals surface area contributed by atoms with Gasteiger partial charge in [0.05, 0.1) is 10.7 Å². The fraction of sp³-hybridized carbons (Fsp3) is 0.312. The first-order chi connectivity index (χ1) is 11.5. The molecular weight excluding hydrogens is 344 g/mol. The largest absolute Gasteiger partial charge is 0.352 e. The number of rotatable bonds is 7. The third kappa shape index (κ3) is 5.24. The van der Waals surface area contributed by atoms with Crippen LogP contribution >= 0.6 is 23.1 Å². The molecule has 8 heteroatoms. The van der Waals surface area contributed by atoms with Crippen molar-refractivity contribution in [2.75, 3.05) is 17.3 Å². The molecule has 6 nitrogen and oxygen atoms in total. The molecule has 128 valence electrons. The number of carbonyl (C=O) groups is 2. The quantitative estimate of drug-likeness (QED) is 0.704. The van der Waals surface area contributed by atoms with Crippen molar-refractivity contribution in [2.24, 2.45) is 5.73 Å². The van der Waals surface area contributed by atoms with Crippen molar-refractivity contribution >= 4 is 40.7 Å². The van der Waals surface area contributed by atoms with Gasteiger partial charge < -0.3 is 16.4 Å². The number of anilines is 1. The smallest absolute Gasteiger partial charge is 0.312 e. The Morgan fingerprint density at radius 2 is 2.04 bits per heavy atom. The molecule has 2 rings (SSSR count). The number of nitrogens with zero attached hydrogens (tertiary/aromatic N) is 1. The average Bonchev–Trinajstić information content (AvgIpc) is 2.98. The van der Waals surface area contributed by atoms with E-state index in [1.54, 1.807) is 23.1 Å². The number of primary amides is 1. The standard InChI is InChI=1S/C16H20N4O2S2/c1-10-18-14(9-24-10)11-3-5-12(6-4-11)19-15(21)13(7-8-23-2)20-16(17)22/h3-6,9,13H,7-8H2,1-2H3,(H,19,21)(H3,17,20,22). The van der Waals surface area contributed by atoms with Crippen LogP contribution in [0.25, 0.3) is 11.3 Å². The molecule has 0 aliphatic heterocycles. The Kier molecular flexibility index (Phi) is 6.62. The van der Waals surface area contributed by atoms with Crippen LogP contribution in [-0.4, -0.2) is 35.0 Å². The summed E-state index contributed by atoms with van der Waals surface area (Å²) in [7, 11) is 0. The molecule has 1 aromatic heterocycles. The minimum atomic E-state index is -0.703. The number of nitrogens with one attached hydrogen (secondary N) is 2. The van der Waals surface area contributed by atoms with Crippen LogP contribution in [0.2, 0.25) is 0 Å². The Labute approximate surface area is 149 Å². The van der Waals surface area contributed by atoms with Gasteiger partial charge in [0.1, 0.15) is 6.04 Å². The molecule has 0 bridgehead atoms. The minimum Gasteiger partial charge on any atom is -0.352 e. The maximum atomic E-state index is 12.3. The molecule has 0 saturated heterocycles. The normalized spacial score (nSPS) is 11.8. The first-order valence-electron chi connectivity index (χ1n) is 7.38. The summed E-state index contributed by atoms with van der Waals surface area (Å²) in [6.07, 6.45) is 2.46. The lowest BCUT2D eigenvalue weighted by atomic mass is 10.1. The van der Waals surface area contributed by atoms with Gasteiger partial charge in [-0.05, 0) is 37.5 Å². The molecule has 0 aliphatic carbocycles. The SMILES string of the molecule is CSCCC(NC(N)=O)C(=O)Nc1ccc(-c2csc(C)n2)cc1. The number of aromatic nitrogens is 1. The minimum absolute atomic E-state index is 0.278. The number of amides is 3. The number of urea groups is 1. The Hall–Kier alpha value is -2.06. The molecule has 0 radical (unpaired) electrons. The predicted molar refractivity (Wildman–Crippen MR) is 100 cm³/mol. The summed E-state index contributed by atoms with van der Waals surface area (Å²) in [5.74, 6) is 0.473. The zero-order chi connectivity index (χ0) is 17.5. The number of thioether (sulfide) groups is 1. The van der Waals surface area contributed by atoms with Gasteiger partial charge in [-0.3, -0.25) is 4.79 Å². The number of hydrogen-bond acceptors (Lipinski definition) is 5. The van der Waals surface area contributed by atoms with Gasteiger partial charge in [0.15, 0.2) is 0 Å². The molecular formula is C16H20N4O2S2. The van der Waals surface area contributed by atoms with Gasteiger partial charge in [0.25, 0.3) is 0 Å². The summed E-state index contributed by atoms with van der Waals surface area (Å²) in [5, 5.41) is 8.29. The van der Waals surface area contributed by atoms with Crippen LogP contribution in [0.15, 0.2) is 29.6 Å². The maximum Gasteiger partial charge on any atom is 0.312 e. The molecule has 0 saturated carbocycles. The van der Waals surface area contributed by atoms with Crippen molar-refractivity contribution < 1.29 is 9.59 Å². The number of carbonyl (C=O) groups excluding carboxylic acids is 2. The van der Waals surface area contributed by atoms with Gasteiger partial charge >= 0.3 is 6.03 Å². The molecule has 3 amide bonds. The van der Waals surface area contributed by atoms with Crippen molar-refractivity contribution in [3.63, 3.8) is 0 Å². The van der Waals surface area contributed by atoms with E-state index in [1.165, 1.54) is 0 Å². The predicted octanol–water partition coefficient (Wildman–Crippen LogP) is 2.85. The number of thiazole rings is 1. The average molecular weight is 364 g/mol. The van der Waals surface area contributed by atoms with E-state index >= 15 is 0 Å². The summed E-state index contributed by atoms with van der Waals surface area (Å²) in [5.41, 5.74) is 7.71. The zero-order valence-electron chi connectivity index (χ0n) is 13.5. The number of hydrogen-bond donors (Lipinski definition) is 3. The molecule has 2 aromatic rings. The summed E-state index contributed by atoms with van der Waals surface area (Å²) in [6.45, 7) is 1.96. The summed E-state index contributed by atoms with van der Waals surface area (Å²) in [6, 6.07) is 6.10. The molecule has 1 atom stereocenters. The van der Waals surface area contributed by atoms with E-state index in [-0.39, 0.29) is 5.91 Å². The van der Waals surface area contributed by atoms with E-state index in [0.29, 0.717) is 12.1 Å². The Balaban J connectivity index is 2.02. The first-order valence-corrected chi connectivity index (χ1v) is 9.65. The van der Waals surface area contributed by atoms with Crippen molar-refractivity contribution in [1.29, 1.82) is 0 Å². The number of nitrogens with two attached hydrogens (primary N) is 1. The highest BCUT2D eigenvalue weighted by Gasteiger charge is 2.19. The lowest BCUT2D eigenvalue weighted by Crippen LogP contribution is -2.46. The highest BCUT2D eigenvalue weighted by atomic mass is 32.2. The third-order valence-corrected chi connectivity index (χ3v) is 4.73. The molecule has 1 heterocycles. The van der Waals surface area contributed by atoms with E-state index in [9.17, 15) is 9.59 Å². The second kappa shape index (κ2) is 8.70. The fourth-order valence-electron chi connectivity index (χ4n) is 2.13.